The highest BCUT2D eigenvalue weighted by Crippen LogP contribution is 2.26. The van der Waals surface area contributed by atoms with E-state index in [1.54, 1.807) is 0 Å². The van der Waals surface area contributed by atoms with Gasteiger partial charge >= 0.3 is 0 Å². The van der Waals surface area contributed by atoms with E-state index in [4.69, 9.17) is 5.73 Å². The number of likely N-dealkylation sites (tertiary alicyclic amines) is 1. The van der Waals surface area contributed by atoms with Crippen molar-refractivity contribution in [2.24, 2.45) is 5.73 Å². The summed E-state index contributed by atoms with van der Waals surface area (Å²) in [4.78, 5) is 14.4. The number of carbonyl (C=O) groups excluding carboxylic acids is 1. The number of amides is 1. The summed E-state index contributed by atoms with van der Waals surface area (Å²) in [6.45, 7) is 2.49. The molecule has 0 unspecified atom stereocenters. The Kier molecular flexibility index (Phi) is 5.66. The summed E-state index contributed by atoms with van der Waals surface area (Å²) >= 11 is 3.39. The normalized spacial score (nSPS) is 20.9. The number of nitrogens with one attached hydrogen (secondary N) is 1. The van der Waals surface area contributed by atoms with Crippen LogP contribution in [-0.2, 0) is 4.79 Å². The van der Waals surface area contributed by atoms with Gasteiger partial charge in [-0.15, -0.1) is 0 Å². The lowest BCUT2D eigenvalue weighted by molar-refractivity contribution is -0.116. The summed E-state index contributed by atoms with van der Waals surface area (Å²) < 4.78 is 0.999. The number of rotatable bonds is 5. The summed E-state index contributed by atoms with van der Waals surface area (Å²) in [5.41, 5.74) is 8.41. The van der Waals surface area contributed by atoms with Crippen molar-refractivity contribution >= 4 is 27.5 Å². The molecular formula is C19H22BrN3O. The second kappa shape index (κ2) is 7.92. The molecule has 0 bridgehead atoms. The third kappa shape index (κ3) is 4.44. The zero-order valence-electron chi connectivity index (χ0n) is 13.5. The van der Waals surface area contributed by atoms with Gasteiger partial charge < -0.3 is 16.0 Å². The number of hydrogen-bond donors (Lipinski definition) is 2. The Morgan fingerprint density at radius 1 is 1.12 bits per heavy atom. The van der Waals surface area contributed by atoms with Crippen LogP contribution in [0.15, 0.2) is 59.1 Å². The lowest BCUT2D eigenvalue weighted by atomic mass is 9.95. The minimum absolute atomic E-state index is 0.0362. The van der Waals surface area contributed by atoms with Crippen LogP contribution in [0.4, 0.5) is 5.69 Å². The summed E-state index contributed by atoms with van der Waals surface area (Å²) in [7, 11) is 0. The molecule has 3 rings (SSSR count). The zero-order valence-corrected chi connectivity index (χ0v) is 15.1. The van der Waals surface area contributed by atoms with Crippen LogP contribution in [0.2, 0.25) is 0 Å². The van der Waals surface area contributed by atoms with Crippen molar-refractivity contribution in [1.82, 2.24) is 4.90 Å². The first-order valence-electron chi connectivity index (χ1n) is 8.20. The Hall–Kier alpha value is -1.69. The quantitative estimate of drug-likeness (QED) is 0.827. The highest BCUT2D eigenvalue weighted by molar-refractivity contribution is 9.10. The van der Waals surface area contributed by atoms with Crippen molar-refractivity contribution in [3.05, 3.63) is 64.6 Å². The molecule has 0 saturated carbocycles. The lowest BCUT2D eigenvalue weighted by Crippen LogP contribution is -2.30. The molecule has 2 aromatic rings. The van der Waals surface area contributed by atoms with Crippen molar-refractivity contribution in [1.29, 1.82) is 0 Å². The molecule has 1 aliphatic rings. The zero-order chi connectivity index (χ0) is 16.9. The largest absolute Gasteiger partial charge is 0.326 e. The Labute approximate surface area is 151 Å². The molecule has 1 saturated heterocycles. The molecule has 1 fully saturated rings. The molecule has 4 nitrogen and oxygen atoms in total. The molecule has 24 heavy (non-hydrogen) atoms. The van der Waals surface area contributed by atoms with Crippen molar-refractivity contribution in [2.75, 3.05) is 25.0 Å². The third-order valence-electron chi connectivity index (χ3n) is 4.45. The number of halogens is 1. The van der Waals surface area contributed by atoms with Gasteiger partial charge in [0.2, 0.25) is 5.91 Å². The van der Waals surface area contributed by atoms with Gasteiger partial charge in [-0.25, -0.2) is 0 Å². The van der Waals surface area contributed by atoms with Crippen LogP contribution in [0.3, 0.4) is 0 Å². The number of hydrogen-bond acceptors (Lipinski definition) is 3. The maximum Gasteiger partial charge on any atom is 0.225 e. The molecular weight excluding hydrogens is 366 g/mol. The second-order valence-electron chi connectivity index (χ2n) is 6.25. The molecule has 0 aromatic heterocycles. The van der Waals surface area contributed by atoms with E-state index < -0.39 is 0 Å². The number of nitrogens with zero attached hydrogens (tertiary/aromatic N) is 1. The summed E-state index contributed by atoms with van der Waals surface area (Å²) in [5, 5.41) is 2.93. The molecule has 0 aliphatic carbocycles. The van der Waals surface area contributed by atoms with Gasteiger partial charge in [0.15, 0.2) is 0 Å². The molecule has 1 heterocycles. The van der Waals surface area contributed by atoms with Gasteiger partial charge in [-0.3, -0.25) is 4.79 Å². The molecule has 0 spiro atoms. The van der Waals surface area contributed by atoms with Gasteiger partial charge in [0.25, 0.3) is 0 Å². The molecule has 2 aromatic carbocycles. The smallest absolute Gasteiger partial charge is 0.225 e. The van der Waals surface area contributed by atoms with Crippen molar-refractivity contribution in [3.8, 4) is 0 Å². The van der Waals surface area contributed by atoms with Crippen LogP contribution in [0.1, 0.15) is 17.9 Å². The van der Waals surface area contributed by atoms with Crippen LogP contribution < -0.4 is 11.1 Å². The van der Waals surface area contributed by atoms with E-state index in [0.717, 1.165) is 29.8 Å². The topological polar surface area (TPSA) is 58.4 Å². The summed E-state index contributed by atoms with van der Waals surface area (Å²) in [6.07, 6.45) is 0.476. The van der Waals surface area contributed by atoms with E-state index in [2.05, 4.69) is 50.4 Å². The van der Waals surface area contributed by atoms with Gasteiger partial charge in [0, 0.05) is 48.2 Å². The minimum atomic E-state index is 0.0362. The van der Waals surface area contributed by atoms with E-state index >= 15 is 0 Å². The van der Waals surface area contributed by atoms with E-state index in [9.17, 15) is 4.79 Å². The molecule has 0 radical (unpaired) electrons. The first kappa shape index (κ1) is 17.1. The molecule has 2 atom stereocenters. The maximum absolute atomic E-state index is 12.1. The van der Waals surface area contributed by atoms with E-state index in [1.807, 2.05) is 30.3 Å². The molecule has 1 aliphatic heterocycles. The van der Waals surface area contributed by atoms with Crippen LogP contribution in [0.5, 0.6) is 0 Å². The molecule has 126 valence electrons. The lowest BCUT2D eigenvalue weighted by Gasteiger charge is -2.16. The summed E-state index contributed by atoms with van der Waals surface area (Å²) in [6, 6.07) is 18.1. The fourth-order valence-corrected chi connectivity index (χ4v) is 3.43. The fraction of sp³-hybridized carbons (Fsp3) is 0.316. The molecule has 5 heteroatoms. The number of nitrogens with two attached hydrogens (primary N) is 1. The van der Waals surface area contributed by atoms with Crippen LogP contribution >= 0.6 is 15.9 Å². The summed E-state index contributed by atoms with van der Waals surface area (Å²) in [5.74, 6) is 0.384. The monoisotopic (exact) mass is 387 g/mol. The highest BCUT2D eigenvalue weighted by atomic mass is 79.9. The number of anilines is 1. The van der Waals surface area contributed by atoms with E-state index in [-0.39, 0.29) is 11.9 Å². The average molecular weight is 388 g/mol. The number of carbonyl (C=O) groups is 1. The van der Waals surface area contributed by atoms with Crippen molar-refractivity contribution < 1.29 is 4.79 Å². The molecule has 3 N–H and O–H groups in total. The van der Waals surface area contributed by atoms with Gasteiger partial charge in [0.1, 0.15) is 0 Å². The standard InChI is InChI=1S/C19H22BrN3O/c20-15-6-8-16(9-7-15)22-19(24)10-11-23-12-17(18(21)13-23)14-4-2-1-3-5-14/h1-9,17-18H,10-13,21H2,(H,22,24)/t17-,18+/m0/s1. The van der Waals surface area contributed by atoms with Gasteiger partial charge in [0.05, 0.1) is 0 Å². The van der Waals surface area contributed by atoms with Gasteiger partial charge in [-0.05, 0) is 29.8 Å². The average Bonchev–Trinajstić information content (AvgIpc) is 2.97. The minimum Gasteiger partial charge on any atom is -0.326 e. The first-order valence-corrected chi connectivity index (χ1v) is 8.99. The van der Waals surface area contributed by atoms with Crippen LogP contribution in [0, 0.1) is 0 Å². The van der Waals surface area contributed by atoms with Crippen molar-refractivity contribution in [3.63, 3.8) is 0 Å². The Balaban J connectivity index is 1.48. The SMILES string of the molecule is N[C@@H]1CN(CCC(=O)Nc2ccc(Br)cc2)C[C@H]1c1ccccc1. The molecule has 1 amide bonds. The van der Waals surface area contributed by atoms with Crippen LogP contribution in [0.25, 0.3) is 0 Å². The second-order valence-corrected chi connectivity index (χ2v) is 7.16. The van der Waals surface area contributed by atoms with E-state index in [1.165, 1.54) is 5.56 Å². The third-order valence-corrected chi connectivity index (χ3v) is 4.98. The number of benzene rings is 2. The highest BCUT2D eigenvalue weighted by Gasteiger charge is 2.30. The first-order chi connectivity index (χ1) is 11.6. The maximum atomic E-state index is 12.1. The van der Waals surface area contributed by atoms with Crippen molar-refractivity contribution in [2.45, 2.75) is 18.4 Å². The fourth-order valence-electron chi connectivity index (χ4n) is 3.17. The van der Waals surface area contributed by atoms with E-state index in [0.29, 0.717) is 12.3 Å². The van der Waals surface area contributed by atoms with Gasteiger partial charge in [-0.2, -0.15) is 0 Å². The van der Waals surface area contributed by atoms with Crippen LogP contribution in [-0.4, -0.2) is 36.5 Å². The predicted octanol–water partition coefficient (Wildman–Crippen LogP) is 3.20. The Bertz CT molecular complexity index is 675. The Morgan fingerprint density at radius 3 is 2.54 bits per heavy atom. The Morgan fingerprint density at radius 2 is 1.83 bits per heavy atom. The predicted molar refractivity (Wildman–Crippen MR) is 101 cm³/mol. The van der Waals surface area contributed by atoms with Gasteiger partial charge in [-0.1, -0.05) is 46.3 Å².